The van der Waals surface area contributed by atoms with Gasteiger partial charge in [0.1, 0.15) is 11.5 Å². The highest BCUT2D eigenvalue weighted by Crippen LogP contribution is 2.28. The van der Waals surface area contributed by atoms with Crippen molar-refractivity contribution in [2.45, 2.75) is 32.4 Å². The number of ether oxygens (including phenoxy) is 2. The van der Waals surface area contributed by atoms with Crippen molar-refractivity contribution in [3.8, 4) is 11.5 Å². The SMILES string of the molecule is COc1ccc(C(=O)N2CC(C)(C)OC[C@@H]2C)c(O)c1. The second kappa shape index (κ2) is 5.32. The molecule has 2 rings (SSSR count). The molecule has 0 saturated carbocycles. The van der Waals surface area contributed by atoms with Crippen LogP contribution in [-0.4, -0.2) is 47.8 Å². The van der Waals surface area contributed by atoms with Crippen LogP contribution in [0.5, 0.6) is 11.5 Å². The molecule has 1 aliphatic rings. The predicted molar refractivity (Wildman–Crippen MR) is 75.2 cm³/mol. The number of carbonyl (C=O) groups excluding carboxylic acids is 1. The largest absolute Gasteiger partial charge is 0.507 e. The summed E-state index contributed by atoms with van der Waals surface area (Å²) in [6, 6.07) is 4.69. The van der Waals surface area contributed by atoms with Crippen molar-refractivity contribution in [3.63, 3.8) is 0 Å². The van der Waals surface area contributed by atoms with Crippen LogP contribution in [0, 0.1) is 0 Å². The summed E-state index contributed by atoms with van der Waals surface area (Å²) < 4.78 is 10.7. The number of hydrogen-bond acceptors (Lipinski definition) is 4. The van der Waals surface area contributed by atoms with Crippen LogP contribution in [0.3, 0.4) is 0 Å². The average Bonchev–Trinajstić information content (AvgIpc) is 2.40. The maximum Gasteiger partial charge on any atom is 0.258 e. The number of carbonyl (C=O) groups is 1. The summed E-state index contributed by atoms with van der Waals surface area (Å²) >= 11 is 0. The van der Waals surface area contributed by atoms with E-state index in [2.05, 4.69) is 0 Å². The molecular weight excluding hydrogens is 258 g/mol. The second-order valence-electron chi connectivity index (χ2n) is 5.74. The van der Waals surface area contributed by atoms with Crippen molar-refractivity contribution in [1.82, 2.24) is 4.90 Å². The van der Waals surface area contributed by atoms with Crippen LogP contribution >= 0.6 is 0 Å². The number of nitrogens with zero attached hydrogens (tertiary/aromatic N) is 1. The van der Waals surface area contributed by atoms with E-state index in [0.29, 0.717) is 18.9 Å². The molecular formula is C15H21NO4. The van der Waals surface area contributed by atoms with Crippen molar-refractivity contribution < 1.29 is 19.4 Å². The molecule has 1 saturated heterocycles. The molecule has 1 N–H and O–H groups in total. The topological polar surface area (TPSA) is 59.0 Å². The fourth-order valence-electron chi connectivity index (χ4n) is 2.29. The first kappa shape index (κ1) is 14.7. The highest BCUT2D eigenvalue weighted by atomic mass is 16.5. The van der Waals surface area contributed by atoms with Crippen molar-refractivity contribution in [3.05, 3.63) is 23.8 Å². The van der Waals surface area contributed by atoms with E-state index in [9.17, 15) is 9.90 Å². The van der Waals surface area contributed by atoms with Crippen LogP contribution in [-0.2, 0) is 4.74 Å². The number of rotatable bonds is 2. The van der Waals surface area contributed by atoms with Gasteiger partial charge in [0.15, 0.2) is 0 Å². The third-order valence-electron chi connectivity index (χ3n) is 3.49. The normalized spacial score (nSPS) is 21.6. The van der Waals surface area contributed by atoms with Crippen LogP contribution in [0.25, 0.3) is 0 Å². The highest BCUT2D eigenvalue weighted by molar-refractivity contribution is 5.97. The molecule has 0 unspecified atom stereocenters. The van der Waals surface area contributed by atoms with Gasteiger partial charge in [0.2, 0.25) is 0 Å². The average molecular weight is 279 g/mol. The molecule has 1 aromatic rings. The minimum atomic E-state index is -0.371. The Morgan fingerprint density at radius 3 is 2.80 bits per heavy atom. The van der Waals surface area contributed by atoms with E-state index in [0.717, 1.165) is 0 Å². The van der Waals surface area contributed by atoms with Crippen LogP contribution in [0.4, 0.5) is 0 Å². The fourth-order valence-corrected chi connectivity index (χ4v) is 2.29. The number of amides is 1. The fraction of sp³-hybridized carbons (Fsp3) is 0.533. The van der Waals surface area contributed by atoms with E-state index in [1.165, 1.54) is 13.2 Å². The first-order chi connectivity index (χ1) is 9.34. The van der Waals surface area contributed by atoms with E-state index < -0.39 is 0 Å². The quantitative estimate of drug-likeness (QED) is 0.900. The number of morpholine rings is 1. The standard InChI is InChI=1S/C15H21NO4/c1-10-8-20-15(2,3)9-16(10)14(18)12-6-5-11(19-4)7-13(12)17/h5-7,10,17H,8-9H2,1-4H3/t10-/m0/s1. The monoisotopic (exact) mass is 279 g/mol. The zero-order chi connectivity index (χ0) is 14.9. The number of phenols is 1. The van der Waals surface area contributed by atoms with Gasteiger partial charge in [-0.1, -0.05) is 0 Å². The van der Waals surface area contributed by atoms with E-state index >= 15 is 0 Å². The second-order valence-corrected chi connectivity index (χ2v) is 5.74. The smallest absolute Gasteiger partial charge is 0.258 e. The van der Waals surface area contributed by atoms with Gasteiger partial charge in [-0.05, 0) is 32.9 Å². The number of benzene rings is 1. The van der Waals surface area contributed by atoms with Crippen LogP contribution in [0.15, 0.2) is 18.2 Å². The molecule has 0 aliphatic carbocycles. The zero-order valence-corrected chi connectivity index (χ0v) is 12.3. The summed E-state index contributed by atoms with van der Waals surface area (Å²) in [4.78, 5) is 14.3. The van der Waals surface area contributed by atoms with Crippen molar-refractivity contribution in [2.24, 2.45) is 0 Å². The van der Waals surface area contributed by atoms with Crippen LogP contribution in [0.2, 0.25) is 0 Å². The molecule has 0 aromatic heterocycles. The summed E-state index contributed by atoms with van der Waals surface area (Å²) in [5, 5.41) is 9.98. The molecule has 0 bridgehead atoms. The highest BCUT2D eigenvalue weighted by Gasteiger charge is 2.35. The molecule has 1 amide bonds. The van der Waals surface area contributed by atoms with Gasteiger partial charge in [0.05, 0.1) is 30.9 Å². The molecule has 1 aromatic carbocycles. The van der Waals surface area contributed by atoms with E-state index in [1.807, 2.05) is 20.8 Å². The maximum atomic E-state index is 12.6. The van der Waals surface area contributed by atoms with E-state index in [4.69, 9.17) is 9.47 Å². The molecule has 1 atom stereocenters. The Labute approximate surface area is 119 Å². The number of methoxy groups -OCH3 is 1. The Kier molecular flexibility index (Phi) is 3.90. The minimum Gasteiger partial charge on any atom is -0.507 e. The third kappa shape index (κ3) is 2.88. The molecule has 20 heavy (non-hydrogen) atoms. The van der Waals surface area contributed by atoms with Crippen molar-refractivity contribution in [2.75, 3.05) is 20.3 Å². The number of phenolic OH excluding ortho intramolecular Hbond substituents is 1. The minimum absolute atomic E-state index is 0.0166. The van der Waals surface area contributed by atoms with Gasteiger partial charge in [-0.15, -0.1) is 0 Å². The molecule has 5 heteroatoms. The zero-order valence-electron chi connectivity index (χ0n) is 12.3. The molecule has 1 fully saturated rings. The summed E-state index contributed by atoms with van der Waals surface area (Å²) in [7, 11) is 1.52. The van der Waals surface area contributed by atoms with Crippen LogP contribution in [0.1, 0.15) is 31.1 Å². The first-order valence-corrected chi connectivity index (χ1v) is 6.66. The Morgan fingerprint density at radius 1 is 1.50 bits per heavy atom. The molecule has 1 heterocycles. The summed E-state index contributed by atoms with van der Waals surface area (Å²) in [6.45, 7) is 6.84. The summed E-state index contributed by atoms with van der Waals surface area (Å²) in [5.74, 6) is 0.272. The lowest BCUT2D eigenvalue weighted by Crippen LogP contribution is -2.55. The first-order valence-electron chi connectivity index (χ1n) is 6.66. The van der Waals surface area contributed by atoms with Crippen molar-refractivity contribution >= 4 is 5.91 Å². The Bertz CT molecular complexity index is 513. The van der Waals surface area contributed by atoms with E-state index in [1.54, 1.807) is 17.0 Å². The van der Waals surface area contributed by atoms with Gasteiger partial charge in [-0.25, -0.2) is 0 Å². The van der Waals surface area contributed by atoms with Gasteiger partial charge < -0.3 is 19.5 Å². The molecule has 110 valence electrons. The molecule has 5 nitrogen and oxygen atoms in total. The third-order valence-corrected chi connectivity index (χ3v) is 3.49. The predicted octanol–water partition coefficient (Wildman–Crippen LogP) is 2.04. The van der Waals surface area contributed by atoms with E-state index in [-0.39, 0.29) is 28.9 Å². The molecule has 0 spiro atoms. The Hall–Kier alpha value is -1.75. The summed E-state index contributed by atoms with van der Waals surface area (Å²) in [6.07, 6.45) is 0. The van der Waals surface area contributed by atoms with Gasteiger partial charge in [-0.3, -0.25) is 4.79 Å². The molecule has 1 aliphatic heterocycles. The van der Waals surface area contributed by atoms with Gasteiger partial charge in [0.25, 0.3) is 5.91 Å². The van der Waals surface area contributed by atoms with Gasteiger partial charge in [0, 0.05) is 12.6 Å². The van der Waals surface area contributed by atoms with Gasteiger partial charge >= 0.3 is 0 Å². The lowest BCUT2D eigenvalue weighted by atomic mass is 10.0. The van der Waals surface area contributed by atoms with Crippen LogP contribution < -0.4 is 4.74 Å². The number of aromatic hydroxyl groups is 1. The lowest BCUT2D eigenvalue weighted by Gasteiger charge is -2.42. The lowest BCUT2D eigenvalue weighted by molar-refractivity contribution is -0.0980. The maximum absolute atomic E-state index is 12.6. The van der Waals surface area contributed by atoms with Gasteiger partial charge in [-0.2, -0.15) is 0 Å². The Balaban J connectivity index is 2.26. The number of hydrogen-bond donors (Lipinski definition) is 1. The molecule has 0 radical (unpaired) electrons. The Morgan fingerprint density at radius 2 is 2.20 bits per heavy atom. The summed E-state index contributed by atoms with van der Waals surface area (Å²) in [5.41, 5.74) is -0.0834. The van der Waals surface area contributed by atoms with Crippen molar-refractivity contribution in [1.29, 1.82) is 0 Å².